The molecule has 0 aromatic heterocycles. The first kappa shape index (κ1) is 17.5. The average molecular weight is 367 g/mol. The van der Waals surface area contributed by atoms with Crippen LogP contribution in [0.25, 0.3) is 0 Å². The molecule has 8 heteroatoms. The second-order valence-corrected chi connectivity index (χ2v) is 6.03. The summed E-state index contributed by atoms with van der Waals surface area (Å²) >= 11 is 2.80. The molecule has 0 saturated carbocycles. The lowest BCUT2D eigenvalue weighted by Gasteiger charge is -2.25. The molecule has 4 nitrogen and oxygen atoms in total. The predicted octanol–water partition coefficient (Wildman–Crippen LogP) is 2.85. The van der Waals surface area contributed by atoms with E-state index < -0.39 is 29.1 Å². The summed E-state index contributed by atoms with van der Waals surface area (Å²) in [6, 6.07) is 3.16. The molecule has 21 heavy (non-hydrogen) atoms. The molecule has 3 N–H and O–H groups in total. The van der Waals surface area contributed by atoms with Gasteiger partial charge in [-0.1, -0.05) is 15.9 Å². The van der Waals surface area contributed by atoms with Crippen LogP contribution in [0.15, 0.2) is 22.7 Å². The Bertz CT molecular complexity index is 571. The van der Waals surface area contributed by atoms with Crippen molar-refractivity contribution < 1.29 is 22.8 Å². The van der Waals surface area contributed by atoms with Crippen LogP contribution in [0, 0.1) is 0 Å². The summed E-state index contributed by atoms with van der Waals surface area (Å²) in [6.07, 6.45) is -4.70. The van der Waals surface area contributed by atoms with Crippen molar-refractivity contribution in [3.8, 4) is 0 Å². The molecule has 0 saturated heterocycles. The first-order valence-electron chi connectivity index (χ1n) is 5.90. The number of primary amides is 1. The number of hydrogen-bond donors (Lipinski definition) is 2. The molecular formula is C13H14BrF3N2O2. The maximum atomic E-state index is 12.8. The van der Waals surface area contributed by atoms with Crippen LogP contribution in [0.3, 0.4) is 0 Å². The number of carbonyl (C=O) groups excluding carboxylic acids is 2. The van der Waals surface area contributed by atoms with Crippen molar-refractivity contribution in [1.29, 1.82) is 0 Å². The van der Waals surface area contributed by atoms with E-state index in [1.54, 1.807) is 13.8 Å². The van der Waals surface area contributed by atoms with Crippen molar-refractivity contribution >= 4 is 27.7 Å². The van der Waals surface area contributed by atoms with E-state index in [0.717, 1.165) is 12.1 Å². The molecule has 1 rings (SSSR count). The van der Waals surface area contributed by atoms with Gasteiger partial charge in [-0.25, -0.2) is 0 Å². The van der Waals surface area contributed by atoms with E-state index >= 15 is 0 Å². The minimum absolute atomic E-state index is 0.124. The summed E-state index contributed by atoms with van der Waals surface area (Å²) in [5.74, 6) is -1.33. The molecule has 1 aromatic carbocycles. The van der Waals surface area contributed by atoms with Gasteiger partial charge in [-0.15, -0.1) is 0 Å². The number of rotatable bonds is 4. The molecular weight excluding hydrogens is 353 g/mol. The van der Waals surface area contributed by atoms with Gasteiger partial charge in [0.05, 0.1) is 5.56 Å². The summed E-state index contributed by atoms with van der Waals surface area (Å²) in [6.45, 7) is 3.11. The minimum atomic E-state index is -4.57. The van der Waals surface area contributed by atoms with Crippen LogP contribution in [0.2, 0.25) is 0 Å². The fourth-order valence-electron chi connectivity index (χ4n) is 1.74. The smallest absolute Gasteiger partial charge is 0.370 e. The number of carbonyl (C=O) groups is 2. The number of nitrogens with one attached hydrogen (secondary N) is 1. The fourth-order valence-corrected chi connectivity index (χ4v) is 2.21. The van der Waals surface area contributed by atoms with Gasteiger partial charge in [0.1, 0.15) is 0 Å². The van der Waals surface area contributed by atoms with Crippen LogP contribution in [0.4, 0.5) is 13.2 Å². The van der Waals surface area contributed by atoms with E-state index in [-0.39, 0.29) is 16.5 Å². The van der Waals surface area contributed by atoms with Gasteiger partial charge in [-0.05, 0) is 32.0 Å². The fraction of sp³-hybridized carbons (Fsp3) is 0.385. The van der Waals surface area contributed by atoms with Gasteiger partial charge in [0.25, 0.3) is 5.91 Å². The molecule has 0 heterocycles. The van der Waals surface area contributed by atoms with E-state index in [0.29, 0.717) is 0 Å². The van der Waals surface area contributed by atoms with Crippen molar-refractivity contribution in [3.63, 3.8) is 0 Å². The van der Waals surface area contributed by atoms with Gasteiger partial charge in [0.15, 0.2) is 0 Å². The third-order valence-electron chi connectivity index (χ3n) is 2.60. The number of hydrogen-bond acceptors (Lipinski definition) is 2. The van der Waals surface area contributed by atoms with E-state index in [1.807, 2.05) is 0 Å². The molecule has 0 radical (unpaired) electrons. The molecule has 0 aliphatic carbocycles. The van der Waals surface area contributed by atoms with Crippen molar-refractivity contribution in [2.24, 2.45) is 5.73 Å². The predicted molar refractivity (Wildman–Crippen MR) is 74.5 cm³/mol. The number of benzene rings is 1. The van der Waals surface area contributed by atoms with Gasteiger partial charge in [-0.2, -0.15) is 13.2 Å². The Kier molecular flexibility index (Phi) is 5.03. The minimum Gasteiger partial charge on any atom is -0.370 e. The van der Waals surface area contributed by atoms with Crippen molar-refractivity contribution in [2.75, 3.05) is 0 Å². The van der Waals surface area contributed by atoms with Crippen molar-refractivity contribution in [2.45, 2.75) is 32.0 Å². The van der Waals surface area contributed by atoms with Gasteiger partial charge in [0.2, 0.25) is 5.91 Å². The van der Waals surface area contributed by atoms with Crippen LogP contribution >= 0.6 is 15.9 Å². The number of halogens is 4. The summed E-state index contributed by atoms with van der Waals surface area (Å²) in [5.41, 5.74) is 3.01. The average Bonchev–Trinajstić information content (AvgIpc) is 2.24. The summed E-state index contributed by atoms with van der Waals surface area (Å²) in [7, 11) is 0. The summed E-state index contributed by atoms with van der Waals surface area (Å²) < 4.78 is 38.2. The van der Waals surface area contributed by atoms with Gasteiger partial charge in [-0.3, -0.25) is 9.59 Å². The molecule has 0 spiro atoms. The molecule has 0 aliphatic rings. The van der Waals surface area contributed by atoms with E-state index in [4.69, 9.17) is 5.73 Å². The van der Waals surface area contributed by atoms with Gasteiger partial charge in [0, 0.05) is 22.0 Å². The molecule has 0 unspecified atom stereocenters. The van der Waals surface area contributed by atoms with Crippen molar-refractivity contribution in [3.05, 3.63) is 33.8 Å². The van der Waals surface area contributed by atoms with E-state index in [1.165, 1.54) is 6.07 Å². The Morgan fingerprint density at radius 3 is 2.33 bits per heavy atom. The highest BCUT2D eigenvalue weighted by Gasteiger charge is 2.34. The highest BCUT2D eigenvalue weighted by Crippen LogP contribution is 2.35. The molecule has 0 atom stereocenters. The maximum absolute atomic E-state index is 12.8. The lowest BCUT2D eigenvalue weighted by Crippen LogP contribution is -2.46. The largest absolute Gasteiger partial charge is 0.417 e. The van der Waals surface area contributed by atoms with Crippen LogP contribution in [0.1, 0.15) is 36.2 Å². The first-order valence-corrected chi connectivity index (χ1v) is 6.69. The lowest BCUT2D eigenvalue weighted by atomic mass is 9.99. The highest BCUT2D eigenvalue weighted by atomic mass is 79.9. The van der Waals surface area contributed by atoms with E-state index in [2.05, 4.69) is 21.2 Å². The normalized spacial score (nSPS) is 12.1. The Hall–Kier alpha value is -1.57. The SMILES string of the molecule is CC(C)(CC(N)=O)NC(=O)c1ccc(Br)c(C(F)(F)F)c1. The van der Waals surface area contributed by atoms with Crippen LogP contribution in [-0.2, 0) is 11.0 Å². The lowest BCUT2D eigenvalue weighted by molar-refractivity contribution is -0.138. The maximum Gasteiger partial charge on any atom is 0.417 e. The topological polar surface area (TPSA) is 72.2 Å². The second kappa shape index (κ2) is 6.05. The first-order chi connectivity index (χ1) is 9.42. The zero-order valence-electron chi connectivity index (χ0n) is 11.3. The third-order valence-corrected chi connectivity index (χ3v) is 3.29. The number of alkyl halides is 3. The Morgan fingerprint density at radius 1 is 1.29 bits per heavy atom. The van der Waals surface area contributed by atoms with Gasteiger partial charge >= 0.3 is 6.18 Å². The highest BCUT2D eigenvalue weighted by molar-refractivity contribution is 9.10. The second-order valence-electron chi connectivity index (χ2n) is 5.17. The Balaban J connectivity index is 3.02. The number of amides is 2. The Morgan fingerprint density at radius 2 is 1.86 bits per heavy atom. The zero-order chi connectivity index (χ0) is 16.4. The quantitative estimate of drug-likeness (QED) is 0.859. The molecule has 116 valence electrons. The van der Waals surface area contributed by atoms with E-state index in [9.17, 15) is 22.8 Å². The zero-order valence-corrected chi connectivity index (χ0v) is 12.9. The van der Waals surface area contributed by atoms with Crippen LogP contribution in [0.5, 0.6) is 0 Å². The molecule has 1 aromatic rings. The molecule has 0 aliphatic heterocycles. The standard InChI is InChI=1S/C13H14BrF3N2O2/c1-12(2,6-10(18)20)19-11(21)7-3-4-9(14)8(5-7)13(15,16)17/h3-5H,6H2,1-2H3,(H2,18,20)(H,19,21). The molecule has 0 bridgehead atoms. The third kappa shape index (κ3) is 5.04. The van der Waals surface area contributed by atoms with Crippen LogP contribution < -0.4 is 11.1 Å². The molecule has 2 amide bonds. The Labute approximate surface area is 128 Å². The molecule has 0 fully saturated rings. The monoisotopic (exact) mass is 366 g/mol. The van der Waals surface area contributed by atoms with Crippen LogP contribution in [-0.4, -0.2) is 17.4 Å². The number of nitrogens with two attached hydrogens (primary N) is 1. The van der Waals surface area contributed by atoms with Crippen molar-refractivity contribution in [1.82, 2.24) is 5.32 Å². The van der Waals surface area contributed by atoms with Gasteiger partial charge < -0.3 is 11.1 Å². The summed E-state index contributed by atoms with van der Waals surface area (Å²) in [4.78, 5) is 22.9. The summed E-state index contributed by atoms with van der Waals surface area (Å²) in [5, 5.41) is 2.48.